The van der Waals surface area contributed by atoms with Gasteiger partial charge in [-0.2, -0.15) is 0 Å². The molecule has 11 heavy (non-hydrogen) atoms. The Morgan fingerprint density at radius 2 is 1.82 bits per heavy atom. The third-order valence-corrected chi connectivity index (χ3v) is 2.44. The van der Waals surface area contributed by atoms with Crippen molar-refractivity contribution in [1.29, 1.82) is 0 Å². The number of nitrogens with zero attached hydrogens (tertiary/aromatic N) is 1. The van der Waals surface area contributed by atoms with E-state index in [1.165, 1.54) is 12.4 Å². The molecule has 2 nitrogen and oxygen atoms in total. The van der Waals surface area contributed by atoms with E-state index >= 15 is 0 Å². The molecule has 0 aliphatic carbocycles. The molecule has 0 amide bonds. The van der Waals surface area contributed by atoms with Gasteiger partial charge in [-0.05, 0) is 43.5 Å². The highest BCUT2D eigenvalue weighted by molar-refractivity contribution is 9.11. The van der Waals surface area contributed by atoms with E-state index in [1.807, 2.05) is 0 Å². The molecule has 0 saturated heterocycles. The Labute approximate surface area is 85.2 Å². The Hall–Kier alpha value is 0.0700. The molecule has 1 aromatic rings. The number of pyridine rings is 1. The van der Waals surface area contributed by atoms with Gasteiger partial charge in [0.25, 0.3) is 5.24 Å². The Morgan fingerprint density at radius 3 is 2.09 bits per heavy atom. The predicted octanol–water partition coefficient (Wildman–Crippen LogP) is 2.99. The average molecular weight is 299 g/mol. The van der Waals surface area contributed by atoms with E-state index in [-0.39, 0.29) is 0 Å². The average Bonchev–Trinajstić information content (AvgIpc) is 1.85. The summed E-state index contributed by atoms with van der Waals surface area (Å²) in [7, 11) is 0. The molecule has 0 radical (unpaired) electrons. The van der Waals surface area contributed by atoms with Gasteiger partial charge in [-0.3, -0.25) is 9.78 Å². The van der Waals surface area contributed by atoms with Crippen molar-refractivity contribution in [3.63, 3.8) is 0 Å². The van der Waals surface area contributed by atoms with Gasteiger partial charge in [0, 0.05) is 21.3 Å². The molecular formula is C6H2Br2ClNO. The van der Waals surface area contributed by atoms with E-state index in [0.717, 1.165) is 0 Å². The Morgan fingerprint density at radius 1 is 1.36 bits per heavy atom. The zero-order chi connectivity index (χ0) is 8.43. The molecule has 58 valence electrons. The van der Waals surface area contributed by atoms with Gasteiger partial charge in [-0.1, -0.05) is 0 Å². The van der Waals surface area contributed by atoms with Crippen LogP contribution in [0.4, 0.5) is 0 Å². The molecule has 0 saturated carbocycles. The lowest BCUT2D eigenvalue weighted by Gasteiger charge is -1.98. The van der Waals surface area contributed by atoms with Crippen molar-refractivity contribution >= 4 is 48.7 Å². The maximum Gasteiger partial charge on any atom is 0.254 e. The smallest absolute Gasteiger partial charge is 0.254 e. The first-order chi connectivity index (χ1) is 5.13. The summed E-state index contributed by atoms with van der Waals surface area (Å²) < 4.78 is 1.18. The van der Waals surface area contributed by atoms with Gasteiger partial charge in [-0.15, -0.1) is 0 Å². The highest BCUT2D eigenvalue weighted by atomic mass is 79.9. The monoisotopic (exact) mass is 297 g/mol. The molecule has 0 unspecified atom stereocenters. The second kappa shape index (κ2) is 3.65. The summed E-state index contributed by atoms with van der Waals surface area (Å²) in [5, 5.41) is -0.508. The van der Waals surface area contributed by atoms with Crippen molar-refractivity contribution in [3.8, 4) is 0 Å². The second-order valence-electron chi connectivity index (χ2n) is 1.75. The minimum atomic E-state index is -0.508. The molecule has 0 atom stereocenters. The molecule has 1 rings (SSSR count). The number of carbonyl (C=O) groups excluding carboxylic acids is 1. The summed E-state index contributed by atoms with van der Waals surface area (Å²) in [6.45, 7) is 0. The summed E-state index contributed by atoms with van der Waals surface area (Å²) in [4.78, 5) is 14.6. The van der Waals surface area contributed by atoms with Gasteiger partial charge in [0.05, 0.1) is 5.56 Å². The molecular weight excluding hydrogens is 297 g/mol. The normalized spacial score (nSPS) is 9.73. The molecule has 0 fully saturated rings. The fourth-order valence-corrected chi connectivity index (χ4v) is 2.32. The van der Waals surface area contributed by atoms with E-state index in [4.69, 9.17) is 11.6 Å². The van der Waals surface area contributed by atoms with Gasteiger partial charge < -0.3 is 0 Å². The van der Waals surface area contributed by atoms with Crippen molar-refractivity contribution in [2.24, 2.45) is 0 Å². The Kier molecular flexibility index (Phi) is 3.04. The molecule has 0 spiro atoms. The Balaban J connectivity index is 3.32. The summed E-state index contributed by atoms with van der Waals surface area (Å²) in [6.07, 6.45) is 3.03. The highest BCUT2D eigenvalue weighted by Gasteiger charge is 2.10. The fraction of sp³-hybridized carbons (Fsp3) is 0. The summed E-state index contributed by atoms with van der Waals surface area (Å²) in [5.41, 5.74) is 0.404. The fourth-order valence-electron chi connectivity index (χ4n) is 0.599. The molecule has 0 aliphatic heterocycles. The van der Waals surface area contributed by atoms with Crippen LogP contribution in [0.2, 0.25) is 0 Å². The maximum atomic E-state index is 10.8. The van der Waals surface area contributed by atoms with Crippen LogP contribution >= 0.6 is 43.5 Å². The van der Waals surface area contributed by atoms with Crippen LogP contribution in [-0.4, -0.2) is 10.2 Å². The predicted molar refractivity (Wildman–Crippen MR) is 49.8 cm³/mol. The molecule has 1 aromatic heterocycles. The standard InChI is InChI=1S/C6H2Br2ClNO/c7-3-1-10-2-4(8)5(3)6(9)11/h1-2H. The van der Waals surface area contributed by atoms with Crippen LogP contribution in [0.1, 0.15) is 10.4 Å². The SMILES string of the molecule is O=C(Cl)c1c(Br)cncc1Br. The van der Waals surface area contributed by atoms with Crippen LogP contribution in [0.5, 0.6) is 0 Å². The van der Waals surface area contributed by atoms with Gasteiger partial charge >= 0.3 is 0 Å². The lowest BCUT2D eigenvalue weighted by Crippen LogP contribution is -1.93. The van der Waals surface area contributed by atoms with E-state index < -0.39 is 5.24 Å². The quantitative estimate of drug-likeness (QED) is 0.746. The zero-order valence-corrected chi connectivity index (χ0v) is 9.07. The lowest BCUT2D eigenvalue weighted by molar-refractivity contribution is 0.108. The number of halogens is 3. The minimum absolute atomic E-state index is 0.404. The molecule has 0 aromatic carbocycles. The van der Waals surface area contributed by atoms with Gasteiger partial charge in [0.15, 0.2) is 0 Å². The van der Waals surface area contributed by atoms with Crippen molar-refractivity contribution in [3.05, 3.63) is 26.9 Å². The summed E-state index contributed by atoms with van der Waals surface area (Å²) in [6, 6.07) is 0. The van der Waals surface area contributed by atoms with E-state index in [9.17, 15) is 4.79 Å². The first-order valence-electron chi connectivity index (χ1n) is 2.61. The molecule has 0 N–H and O–H groups in total. The first-order valence-corrected chi connectivity index (χ1v) is 4.58. The maximum absolute atomic E-state index is 10.8. The van der Waals surface area contributed by atoms with Crippen molar-refractivity contribution in [2.75, 3.05) is 0 Å². The third-order valence-electron chi connectivity index (χ3n) is 1.05. The van der Waals surface area contributed by atoms with Gasteiger partial charge in [0.1, 0.15) is 0 Å². The van der Waals surface area contributed by atoms with Crippen molar-refractivity contribution < 1.29 is 4.79 Å². The van der Waals surface area contributed by atoms with Crippen LogP contribution in [0.25, 0.3) is 0 Å². The van der Waals surface area contributed by atoms with E-state index in [1.54, 1.807) is 0 Å². The highest BCUT2D eigenvalue weighted by Crippen LogP contribution is 2.24. The zero-order valence-electron chi connectivity index (χ0n) is 5.14. The second-order valence-corrected chi connectivity index (χ2v) is 3.80. The van der Waals surface area contributed by atoms with Crippen LogP contribution < -0.4 is 0 Å². The van der Waals surface area contributed by atoms with Gasteiger partial charge in [-0.25, -0.2) is 0 Å². The largest absolute Gasteiger partial charge is 0.276 e. The van der Waals surface area contributed by atoms with Crippen molar-refractivity contribution in [2.45, 2.75) is 0 Å². The molecule has 0 bridgehead atoms. The molecule has 0 aliphatic rings. The molecule has 5 heteroatoms. The number of hydrogen-bond acceptors (Lipinski definition) is 2. The van der Waals surface area contributed by atoms with E-state index in [0.29, 0.717) is 14.5 Å². The number of hydrogen-bond donors (Lipinski definition) is 0. The summed E-state index contributed by atoms with van der Waals surface area (Å²) in [5.74, 6) is 0. The number of rotatable bonds is 1. The summed E-state index contributed by atoms with van der Waals surface area (Å²) >= 11 is 11.6. The number of carbonyl (C=O) groups is 1. The van der Waals surface area contributed by atoms with Crippen LogP contribution in [0, 0.1) is 0 Å². The van der Waals surface area contributed by atoms with Crippen LogP contribution in [0.15, 0.2) is 21.3 Å². The van der Waals surface area contributed by atoms with Crippen LogP contribution in [-0.2, 0) is 0 Å². The Bertz CT molecular complexity index is 282. The van der Waals surface area contributed by atoms with E-state index in [2.05, 4.69) is 36.8 Å². The molecule has 1 heterocycles. The topological polar surface area (TPSA) is 30.0 Å². The first kappa shape index (κ1) is 9.16. The van der Waals surface area contributed by atoms with Crippen LogP contribution in [0.3, 0.4) is 0 Å². The minimum Gasteiger partial charge on any atom is -0.276 e. The van der Waals surface area contributed by atoms with Gasteiger partial charge in [0.2, 0.25) is 0 Å². The lowest BCUT2D eigenvalue weighted by atomic mass is 10.3. The van der Waals surface area contributed by atoms with Crippen molar-refractivity contribution in [1.82, 2.24) is 4.98 Å². The number of aromatic nitrogens is 1. The third kappa shape index (κ3) is 2.01.